The molecule has 0 radical (unpaired) electrons. The molecule has 33 nitrogen and oxygen atoms in total. The van der Waals surface area contributed by atoms with E-state index >= 15 is 0 Å². The second kappa shape index (κ2) is 36.4. The number of aromatic nitrogens is 13. The van der Waals surface area contributed by atoms with E-state index in [1.807, 2.05) is 192 Å². The molecule has 3 aliphatic heterocycles. The van der Waals surface area contributed by atoms with Crippen molar-refractivity contribution in [2.75, 3.05) is 57.1 Å². The summed E-state index contributed by atoms with van der Waals surface area (Å²) in [6, 6.07) is 45.2. The number of ether oxygens (including phenoxy) is 2. The number of ketones is 1. The number of nitrogen functional groups attached to an aromatic ring is 2. The Morgan fingerprint density at radius 3 is 1.25 bits per heavy atom. The van der Waals surface area contributed by atoms with Gasteiger partial charge in [0.25, 0.3) is 11.1 Å². The van der Waals surface area contributed by atoms with Crippen LogP contribution in [0.25, 0.3) is 128 Å². The lowest BCUT2D eigenvalue weighted by Gasteiger charge is -2.34. The van der Waals surface area contributed by atoms with E-state index in [1.54, 1.807) is 19.2 Å². The number of nitrogens with two attached hydrogens (primary N) is 4. The summed E-state index contributed by atoms with van der Waals surface area (Å²) in [6.45, 7) is 26.9. The molecular formula is C84H90ClN21O12. The van der Waals surface area contributed by atoms with Crippen LogP contribution in [0.2, 0.25) is 0 Å². The van der Waals surface area contributed by atoms with Crippen LogP contribution < -0.4 is 39.6 Å². The van der Waals surface area contributed by atoms with Gasteiger partial charge < -0.3 is 54.4 Å². The van der Waals surface area contributed by atoms with Crippen molar-refractivity contribution in [1.29, 1.82) is 0 Å². The topological polar surface area (TPSA) is 457 Å². The molecule has 118 heavy (non-hydrogen) atoms. The number of benzene rings is 6. The highest BCUT2D eigenvalue weighted by atomic mass is 35.5. The van der Waals surface area contributed by atoms with E-state index in [-0.39, 0.29) is 64.7 Å². The number of carbonyl (C=O) groups is 4. The Hall–Kier alpha value is -13.7. The molecule has 8 aromatic heterocycles. The molecule has 2 amide bonds. The number of oxazole rings is 3. The van der Waals surface area contributed by atoms with Crippen molar-refractivity contribution in [3.63, 3.8) is 0 Å². The Morgan fingerprint density at radius 1 is 0.551 bits per heavy atom. The van der Waals surface area contributed by atoms with E-state index in [0.29, 0.717) is 99.5 Å². The van der Waals surface area contributed by atoms with Crippen molar-refractivity contribution < 1.29 is 47.0 Å². The largest absolute Gasteiger partial charge is 0.478 e. The molecule has 3 fully saturated rings. The summed E-state index contributed by atoms with van der Waals surface area (Å²) < 4.78 is 33.9. The van der Waals surface area contributed by atoms with E-state index in [9.17, 15) is 28.8 Å². The third-order valence-corrected chi connectivity index (χ3v) is 19.3. The second-order valence-electron chi connectivity index (χ2n) is 29.7. The number of fused-ring (bicyclic) bond motifs is 5. The average Bonchev–Trinajstić information content (AvgIpc) is 1.60. The number of nitrogens with zero attached hydrogens (tertiary/aromatic N) is 14. The Bertz CT molecular complexity index is 6030. The smallest absolute Gasteiger partial charge is 0.410 e. The number of hydrogen-bond donors (Lipinski definition) is 8. The Balaban J connectivity index is 0.000000155. The normalized spacial score (nSPS) is 15.4. The molecule has 0 spiro atoms. The number of carboxylic acids is 1. The van der Waals surface area contributed by atoms with Gasteiger partial charge in [-0.2, -0.15) is 25.5 Å². The molecule has 17 rings (SSSR count). The maximum absolute atomic E-state index is 13.0. The van der Waals surface area contributed by atoms with E-state index in [4.69, 9.17) is 61.2 Å². The minimum absolute atomic E-state index is 0.0851. The second-order valence-corrected chi connectivity index (χ2v) is 29.7. The molecule has 6 aromatic carbocycles. The van der Waals surface area contributed by atoms with Gasteiger partial charge in [0.15, 0.2) is 34.2 Å². The highest BCUT2D eigenvalue weighted by molar-refractivity contribution is 6.15. The number of hydrazine groups is 1. The Morgan fingerprint density at radius 2 is 0.898 bits per heavy atom. The van der Waals surface area contributed by atoms with Crippen LogP contribution in [0.4, 0.5) is 26.9 Å². The fourth-order valence-electron chi connectivity index (χ4n) is 14.1. The lowest BCUT2D eigenvalue weighted by Crippen LogP contribution is -2.43. The molecule has 610 valence electrons. The van der Waals surface area contributed by atoms with Gasteiger partial charge in [0, 0.05) is 73.0 Å². The summed E-state index contributed by atoms with van der Waals surface area (Å²) in [7, 11) is 0. The van der Waals surface area contributed by atoms with Gasteiger partial charge in [-0.1, -0.05) is 79.4 Å². The number of aromatic amines is 2. The number of aliphatic carboxylic acids is 1. The molecule has 14 aromatic rings. The quantitative estimate of drug-likeness (QED) is 0.0149. The maximum atomic E-state index is 13.0. The van der Waals surface area contributed by atoms with Gasteiger partial charge in [0.2, 0.25) is 23.4 Å². The van der Waals surface area contributed by atoms with Gasteiger partial charge >= 0.3 is 18.2 Å². The highest BCUT2D eigenvalue weighted by Gasteiger charge is 2.35. The molecule has 0 saturated carbocycles. The number of anilines is 2. The first-order chi connectivity index (χ1) is 56.8. The van der Waals surface area contributed by atoms with Crippen LogP contribution in [0.3, 0.4) is 0 Å². The van der Waals surface area contributed by atoms with Crippen molar-refractivity contribution in [1.82, 2.24) is 79.8 Å². The fourth-order valence-corrected chi connectivity index (χ4v) is 14.1. The Kier molecular flexibility index (Phi) is 25.9. The van der Waals surface area contributed by atoms with Crippen molar-refractivity contribution in [3.8, 4) is 68.1 Å². The van der Waals surface area contributed by atoms with Gasteiger partial charge in [0.1, 0.15) is 55.9 Å². The number of H-pyrrole nitrogens is 2. The number of rotatable bonds is 11. The fraction of sp³-hybridized carbons (Fsp3) is 0.298. The summed E-state index contributed by atoms with van der Waals surface area (Å²) in [5, 5.41) is 39.5. The van der Waals surface area contributed by atoms with Crippen LogP contribution in [0.1, 0.15) is 116 Å². The third-order valence-electron chi connectivity index (χ3n) is 19.3. The molecular weight excluding hydrogens is 1530 g/mol. The Labute approximate surface area is 680 Å². The van der Waals surface area contributed by atoms with Gasteiger partial charge in [-0.25, -0.2) is 44.4 Å². The number of piperidine rings is 3. The number of Topliss-reactive ketones (excluding diaryl/α,β-unsaturated/α-hetero) is 1. The van der Waals surface area contributed by atoms with Crippen molar-refractivity contribution in [2.45, 2.75) is 116 Å². The minimum Gasteiger partial charge on any atom is -0.478 e. The summed E-state index contributed by atoms with van der Waals surface area (Å²) in [6.07, 6.45) is 6.47. The molecule has 34 heteroatoms. The highest BCUT2D eigenvalue weighted by Crippen LogP contribution is 2.41. The summed E-state index contributed by atoms with van der Waals surface area (Å²) in [5.41, 5.74) is 22.8. The molecule has 12 N–H and O–H groups in total. The summed E-state index contributed by atoms with van der Waals surface area (Å²) in [5.74, 6) is 8.78. The average molecular weight is 1620 g/mol. The standard InChI is InChI=1S/C29H29N5O4.C28H29N7O4.C23H21N7O2.C3H4O2.CH3Cl.H4N2/c1-18(35)26-25(30-5)24(32-34(26)21-9-8-16-33(17-21)28(36)38-29(2,3)4)19-12-14-20(15-13-19)27-31-22-10-6-7-11-23(22)37-27;1-28(2,3)39-27(37)34-14-6-7-18(15-34)35-23-21(24(29)31-32-25(23)36)22(33-35)16-10-12-17(13-11-16)26-30-19-8-4-5-9-20(19)38-26;24-21-18-19(29-30(15-4-3-11-25-12-15)20(18)22(31)28-27-21)13-7-9-14(10-8-13)23-26-16-5-1-2-6-17(16)32-23;1-2-3(4)5;2*1-2/h6-7,10-15,21H,8-9,16-17H2,1-4H3;4-5,8-13,18H,6-7,14-15H2,1-3H3,(H2,29,31)(H,32,36);1-2,5-10,15,25H,3-4,11-12H2,(H2,24,27)(H,28,31);2H,1H2,(H,4,5);1H3;1-2H2/t21-;18-;15-;;;/m111.../s1. The molecule has 0 aliphatic carbocycles. The minimum atomic E-state index is -0.981. The van der Waals surface area contributed by atoms with Gasteiger partial charge in [-0.15, -0.1) is 11.6 Å². The molecule has 3 aliphatic rings. The van der Waals surface area contributed by atoms with Crippen LogP contribution in [0, 0.1) is 6.57 Å². The van der Waals surface area contributed by atoms with Crippen LogP contribution in [0.5, 0.6) is 0 Å². The first kappa shape index (κ1) is 83.7. The van der Waals surface area contributed by atoms with Crippen LogP contribution >= 0.6 is 11.6 Å². The predicted molar refractivity (Wildman–Crippen MR) is 450 cm³/mol. The van der Waals surface area contributed by atoms with Gasteiger partial charge in [-0.3, -0.25) is 40.1 Å². The number of para-hydroxylation sites is 6. The zero-order valence-corrected chi connectivity index (χ0v) is 67.0. The third kappa shape index (κ3) is 18.7. The first-order valence-corrected chi connectivity index (χ1v) is 38.7. The zero-order valence-electron chi connectivity index (χ0n) is 66.2. The lowest BCUT2D eigenvalue weighted by atomic mass is 10.0. The van der Waals surface area contributed by atoms with Crippen molar-refractivity contribution >= 4 is 108 Å². The number of alkyl halides is 1. The molecule has 3 atom stereocenters. The summed E-state index contributed by atoms with van der Waals surface area (Å²) >= 11 is 4.64. The van der Waals surface area contributed by atoms with Crippen LogP contribution in [-0.2, 0) is 14.3 Å². The molecule has 0 bridgehead atoms. The molecule has 0 unspecified atom stereocenters. The SMILES string of the molecule is C=CC(=O)O.CC(C)(C)OC(=O)N1CCC[C@@H](n2nc(-c3ccc(-c4nc5ccccc5o4)cc3)c3c(N)n[nH]c(=O)c32)C1.CCl.NN.Nc1n[nH]c(=O)c2c1c(-c1ccc(-c3nc4ccccc4o3)cc1)nn2[C@@H]1CCCNC1.[C-]#[N+]c1c(-c2ccc(-c3nc4ccccc4o3)cc2)nn([C@@H]2CCCN(C(=O)OC(C)(C)C)C2)c1C(C)=O. The van der Waals surface area contributed by atoms with Crippen LogP contribution in [0.15, 0.2) is 181 Å². The zero-order chi connectivity index (χ0) is 84.3. The van der Waals surface area contributed by atoms with Crippen LogP contribution in [-0.4, -0.2) is 160 Å². The number of likely N-dealkylation sites (tertiary alicyclic amines) is 2. The monoisotopic (exact) mass is 1620 g/mol. The number of halogens is 1. The number of carboxylic acid groups (broad SMARTS) is 1. The first-order valence-electron chi connectivity index (χ1n) is 37.9. The number of nitrogens with one attached hydrogen (secondary N) is 3. The van der Waals surface area contributed by atoms with E-state index in [1.165, 1.54) is 13.3 Å². The number of hydrogen-bond acceptors (Lipinski definition) is 24. The van der Waals surface area contributed by atoms with Crippen molar-refractivity contribution in [3.05, 3.63) is 196 Å². The van der Waals surface area contributed by atoms with E-state index in [0.717, 1.165) is 108 Å². The van der Waals surface area contributed by atoms with Gasteiger partial charge in [0.05, 0.1) is 41.2 Å². The predicted octanol–water partition coefficient (Wildman–Crippen LogP) is 14.5. The number of amides is 2. The molecule has 3 saturated heterocycles. The number of carbonyl (C=O) groups excluding carboxylic acids is 3. The molecule has 11 heterocycles. The van der Waals surface area contributed by atoms with Crippen molar-refractivity contribution in [2.24, 2.45) is 11.7 Å². The van der Waals surface area contributed by atoms with Gasteiger partial charge in [-0.05, 0) is 172 Å². The summed E-state index contributed by atoms with van der Waals surface area (Å²) in [4.78, 5) is 93.8. The maximum Gasteiger partial charge on any atom is 0.410 e. The van der Waals surface area contributed by atoms with E-state index in [2.05, 4.69) is 75.4 Å². The lowest BCUT2D eigenvalue weighted by molar-refractivity contribution is -0.131. The van der Waals surface area contributed by atoms with E-state index < -0.39 is 22.7 Å².